The van der Waals surface area contributed by atoms with Crippen molar-refractivity contribution in [3.63, 3.8) is 0 Å². The van der Waals surface area contributed by atoms with Crippen LogP contribution in [0, 0.1) is 5.92 Å². The van der Waals surface area contributed by atoms with Crippen LogP contribution < -0.4 is 5.73 Å². The number of amides is 1. The smallest absolute Gasteiger partial charge is 0.249 e. The summed E-state index contributed by atoms with van der Waals surface area (Å²) in [5.74, 6) is 0.129. The van der Waals surface area contributed by atoms with Gasteiger partial charge in [0.1, 0.15) is 0 Å². The SMILES string of the molecule is CON(C)C(=O)[C@H]1C[C@@H](N)C1. The Balaban J connectivity index is 2.31. The minimum Gasteiger partial charge on any atom is -0.328 e. The first-order valence-corrected chi connectivity index (χ1v) is 3.72. The van der Waals surface area contributed by atoms with Gasteiger partial charge in [0.2, 0.25) is 5.91 Å². The average Bonchev–Trinajstić information content (AvgIpc) is 1.96. The van der Waals surface area contributed by atoms with E-state index in [1.807, 2.05) is 0 Å². The number of carbonyl (C=O) groups excluding carboxylic acids is 1. The largest absolute Gasteiger partial charge is 0.328 e. The summed E-state index contributed by atoms with van der Waals surface area (Å²) in [4.78, 5) is 16.0. The van der Waals surface area contributed by atoms with E-state index in [9.17, 15) is 4.79 Å². The van der Waals surface area contributed by atoms with Gasteiger partial charge in [-0.1, -0.05) is 0 Å². The van der Waals surface area contributed by atoms with Crippen LogP contribution in [-0.2, 0) is 9.63 Å². The van der Waals surface area contributed by atoms with E-state index >= 15 is 0 Å². The Morgan fingerprint density at radius 1 is 1.64 bits per heavy atom. The van der Waals surface area contributed by atoms with E-state index in [1.54, 1.807) is 7.05 Å². The molecule has 0 aromatic carbocycles. The molecule has 0 heterocycles. The van der Waals surface area contributed by atoms with E-state index in [0.717, 1.165) is 12.8 Å². The maximum atomic E-state index is 11.2. The number of nitrogens with two attached hydrogens (primary N) is 1. The fraction of sp³-hybridized carbons (Fsp3) is 0.857. The van der Waals surface area contributed by atoms with E-state index in [0.29, 0.717) is 0 Å². The molecule has 11 heavy (non-hydrogen) atoms. The highest BCUT2D eigenvalue weighted by molar-refractivity contribution is 5.78. The lowest BCUT2D eigenvalue weighted by atomic mass is 9.80. The van der Waals surface area contributed by atoms with Gasteiger partial charge in [0.25, 0.3) is 0 Å². The highest BCUT2D eigenvalue weighted by atomic mass is 16.7. The van der Waals surface area contributed by atoms with Gasteiger partial charge in [0, 0.05) is 19.0 Å². The lowest BCUT2D eigenvalue weighted by Gasteiger charge is -2.33. The molecule has 1 fully saturated rings. The molecule has 1 amide bonds. The van der Waals surface area contributed by atoms with Crippen molar-refractivity contribution in [2.24, 2.45) is 11.7 Å². The van der Waals surface area contributed by atoms with Crippen molar-refractivity contribution < 1.29 is 9.63 Å². The number of nitrogens with zero attached hydrogens (tertiary/aromatic N) is 1. The fourth-order valence-electron chi connectivity index (χ4n) is 1.21. The minimum absolute atomic E-state index is 0.0363. The zero-order valence-corrected chi connectivity index (χ0v) is 6.91. The van der Waals surface area contributed by atoms with Crippen molar-refractivity contribution in [2.75, 3.05) is 14.2 Å². The molecular formula is C7H14N2O2. The third-order valence-electron chi connectivity index (χ3n) is 2.11. The highest BCUT2D eigenvalue weighted by Crippen LogP contribution is 2.26. The second-order valence-corrected chi connectivity index (χ2v) is 2.95. The fourth-order valence-corrected chi connectivity index (χ4v) is 1.21. The molecule has 0 aromatic heterocycles. The van der Waals surface area contributed by atoms with Gasteiger partial charge in [-0.15, -0.1) is 0 Å². The van der Waals surface area contributed by atoms with Crippen molar-refractivity contribution in [3.8, 4) is 0 Å². The van der Waals surface area contributed by atoms with Crippen molar-refractivity contribution in [1.29, 1.82) is 0 Å². The summed E-state index contributed by atoms with van der Waals surface area (Å²) in [5.41, 5.74) is 5.54. The summed E-state index contributed by atoms with van der Waals surface area (Å²) >= 11 is 0. The monoisotopic (exact) mass is 158 g/mol. The molecule has 0 spiro atoms. The van der Waals surface area contributed by atoms with Crippen LogP contribution in [0.25, 0.3) is 0 Å². The van der Waals surface area contributed by atoms with Crippen LogP contribution in [0.4, 0.5) is 0 Å². The Morgan fingerprint density at radius 2 is 2.18 bits per heavy atom. The Hall–Kier alpha value is -0.610. The van der Waals surface area contributed by atoms with Gasteiger partial charge >= 0.3 is 0 Å². The maximum absolute atomic E-state index is 11.2. The third-order valence-corrected chi connectivity index (χ3v) is 2.11. The van der Waals surface area contributed by atoms with E-state index < -0.39 is 0 Å². The second-order valence-electron chi connectivity index (χ2n) is 2.95. The third kappa shape index (κ3) is 1.70. The predicted octanol–water partition coefficient (Wildman–Crippen LogP) is -0.257. The van der Waals surface area contributed by atoms with E-state index in [4.69, 9.17) is 10.6 Å². The molecule has 1 aliphatic carbocycles. The molecule has 0 radical (unpaired) electrons. The molecule has 4 heteroatoms. The Kier molecular flexibility index (Phi) is 2.46. The topological polar surface area (TPSA) is 55.6 Å². The number of hydrogen-bond donors (Lipinski definition) is 1. The van der Waals surface area contributed by atoms with E-state index in [2.05, 4.69) is 0 Å². The minimum atomic E-state index is 0.0363. The molecule has 1 saturated carbocycles. The zero-order chi connectivity index (χ0) is 8.43. The number of rotatable bonds is 2. The normalized spacial score (nSPS) is 29.4. The lowest BCUT2D eigenvalue weighted by molar-refractivity contribution is -0.176. The average molecular weight is 158 g/mol. The zero-order valence-electron chi connectivity index (χ0n) is 6.91. The quantitative estimate of drug-likeness (QED) is 0.563. The van der Waals surface area contributed by atoms with E-state index in [1.165, 1.54) is 12.2 Å². The Morgan fingerprint density at radius 3 is 2.55 bits per heavy atom. The molecule has 0 unspecified atom stereocenters. The van der Waals surface area contributed by atoms with Crippen molar-refractivity contribution in [2.45, 2.75) is 18.9 Å². The second kappa shape index (κ2) is 3.19. The lowest BCUT2D eigenvalue weighted by Crippen LogP contribution is -2.45. The van der Waals surface area contributed by atoms with E-state index in [-0.39, 0.29) is 17.9 Å². The summed E-state index contributed by atoms with van der Waals surface area (Å²) in [5, 5.41) is 1.26. The van der Waals surface area contributed by atoms with Crippen LogP contribution in [0.3, 0.4) is 0 Å². The molecule has 1 rings (SSSR count). The standard InChI is InChI=1S/C7H14N2O2/c1-9(11-2)7(10)5-3-6(8)4-5/h5-6H,3-4,8H2,1-2H3/t5-,6+. The van der Waals surface area contributed by atoms with Gasteiger partial charge < -0.3 is 5.73 Å². The van der Waals surface area contributed by atoms with Gasteiger partial charge in [0.15, 0.2) is 0 Å². The summed E-state index contributed by atoms with van der Waals surface area (Å²) in [6.07, 6.45) is 1.60. The molecule has 0 bridgehead atoms. The molecule has 4 nitrogen and oxygen atoms in total. The van der Waals surface area contributed by atoms with Crippen molar-refractivity contribution >= 4 is 5.91 Å². The summed E-state index contributed by atoms with van der Waals surface area (Å²) in [6.45, 7) is 0. The Labute approximate surface area is 66.3 Å². The molecule has 0 aliphatic heterocycles. The molecular weight excluding hydrogens is 144 g/mol. The van der Waals surface area contributed by atoms with Crippen LogP contribution in [0.5, 0.6) is 0 Å². The number of hydrogen-bond acceptors (Lipinski definition) is 3. The van der Waals surface area contributed by atoms with Gasteiger partial charge in [0.05, 0.1) is 7.11 Å². The number of carbonyl (C=O) groups is 1. The first kappa shape index (κ1) is 8.49. The molecule has 64 valence electrons. The van der Waals surface area contributed by atoms with Gasteiger partial charge in [-0.3, -0.25) is 9.63 Å². The van der Waals surface area contributed by atoms with Gasteiger partial charge in [-0.2, -0.15) is 0 Å². The summed E-state index contributed by atoms with van der Waals surface area (Å²) < 4.78 is 0. The van der Waals surface area contributed by atoms with Crippen LogP contribution in [-0.4, -0.2) is 31.2 Å². The predicted molar refractivity (Wildman–Crippen MR) is 40.5 cm³/mol. The van der Waals surface area contributed by atoms with Gasteiger partial charge in [-0.05, 0) is 12.8 Å². The number of hydroxylamine groups is 2. The van der Waals surface area contributed by atoms with Crippen LogP contribution in [0.15, 0.2) is 0 Å². The molecule has 1 aliphatic rings. The Bertz CT molecular complexity index is 155. The van der Waals surface area contributed by atoms with Crippen molar-refractivity contribution in [1.82, 2.24) is 5.06 Å². The summed E-state index contributed by atoms with van der Waals surface area (Å²) in [6, 6.07) is 0.217. The van der Waals surface area contributed by atoms with Crippen molar-refractivity contribution in [3.05, 3.63) is 0 Å². The summed E-state index contributed by atoms with van der Waals surface area (Å²) in [7, 11) is 3.10. The first-order chi connectivity index (χ1) is 5.15. The van der Waals surface area contributed by atoms with Crippen LogP contribution in [0.2, 0.25) is 0 Å². The molecule has 0 saturated heterocycles. The maximum Gasteiger partial charge on any atom is 0.249 e. The molecule has 0 aromatic rings. The van der Waals surface area contributed by atoms with Gasteiger partial charge in [-0.25, -0.2) is 5.06 Å². The van der Waals surface area contributed by atoms with Crippen LogP contribution in [0.1, 0.15) is 12.8 Å². The molecule has 2 N–H and O–H groups in total. The first-order valence-electron chi connectivity index (χ1n) is 3.72. The highest BCUT2D eigenvalue weighted by Gasteiger charge is 2.33. The van der Waals surface area contributed by atoms with Crippen LogP contribution >= 0.6 is 0 Å². The molecule has 0 atom stereocenters.